The zero-order valence-corrected chi connectivity index (χ0v) is 12.3. The van der Waals surface area contributed by atoms with E-state index in [9.17, 15) is 9.90 Å². The van der Waals surface area contributed by atoms with Crippen molar-refractivity contribution in [2.75, 3.05) is 6.54 Å². The molecule has 2 N–H and O–H groups in total. The lowest BCUT2D eigenvalue weighted by molar-refractivity contribution is -0.116. The summed E-state index contributed by atoms with van der Waals surface area (Å²) in [7, 11) is 0. The number of hydrogen-bond donors (Lipinski definition) is 2. The summed E-state index contributed by atoms with van der Waals surface area (Å²) in [6.07, 6.45) is 5.82. The third-order valence-corrected chi connectivity index (χ3v) is 3.85. The molecule has 0 bridgehead atoms. The molecule has 1 saturated carbocycles. The van der Waals surface area contributed by atoms with E-state index in [1.54, 1.807) is 12.2 Å². The Hall–Kier alpha value is -1.13. The van der Waals surface area contributed by atoms with E-state index in [1.165, 1.54) is 0 Å². The lowest BCUT2D eigenvalue weighted by atomic mass is 10.1. The molecule has 1 fully saturated rings. The number of halogens is 1. The fourth-order valence-electron chi connectivity index (χ4n) is 2.32. The molecule has 0 spiro atoms. The monoisotopic (exact) mass is 323 g/mol. The van der Waals surface area contributed by atoms with Gasteiger partial charge in [0.1, 0.15) is 0 Å². The largest absolute Gasteiger partial charge is 0.393 e. The second-order valence-electron chi connectivity index (χ2n) is 4.97. The van der Waals surface area contributed by atoms with E-state index < -0.39 is 0 Å². The van der Waals surface area contributed by atoms with E-state index in [0.717, 1.165) is 29.3 Å². The van der Waals surface area contributed by atoms with Crippen LogP contribution in [0, 0.1) is 5.92 Å². The molecule has 0 aliphatic heterocycles. The van der Waals surface area contributed by atoms with Crippen LogP contribution in [0.3, 0.4) is 0 Å². The maximum absolute atomic E-state index is 11.7. The lowest BCUT2D eigenvalue weighted by Gasteiger charge is -2.09. The predicted octanol–water partition coefficient (Wildman–Crippen LogP) is 2.74. The first-order valence-corrected chi connectivity index (χ1v) is 7.32. The Labute approximate surface area is 121 Å². The maximum atomic E-state index is 11.7. The van der Waals surface area contributed by atoms with Gasteiger partial charge in [-0.25, -0.2) is 0 Å². The molecule has 1 aromatic rings. The maximum Gasteiger partial charge on any atom is 0.244 e. The van der Waals surface area contributed by atoms with Crippen molar-refractivity contribution in [2.24, 2.45) is 5.92 Å². The van der Waals surface area contributed by atoms with Crippen LogP contribution in [0.5, 0.6) is 0 Å². The highest BCUT2D eigenvalue weighted by Gasteiger charge is 2.22. The van der Waals surface area contributed by atoms with Crippen LogP contribution in [0.15, 0.2) is 34.8 Å². The SMILES string of the molecule is O=C(/C=C/c1cccc(Br)c1)NCC1CCC(O)C1. The molecule has 3 nitrogen and oxygen atoms in total. The molecule has 4 heteroatoms. The summed E-state index contributed by atoms with van der Waals surface area (Å²) in [5.41, 5.74) is 0.987. The van der Waals surface area contributed by atoms with E-state index in [4.69, 9.17) is 0 Å². The quantitative estimate of drug-likeness (QED) is 0.837. The number of carbonyl (C=O) groups is 1. The summed E-state index contributed by atoms with van der Waals surface area (Å²) in [4.78, 5) is 11.7. The van der Waals surface area contributed by atoms with Gasteiger partial charge in [-0.05, 0) is 49.0 Å². The minimum absolute atomic E-state index is 0.0821. The summed E-state index contributed by atoms with van der Waals surface area (Å²) < 4.78 is 0.995. The number of nitrogens with one attached hydrogen (secondary N) is 1. The number of aliphatic hydroxyl groups is 1. The molecule has 0 heterocycles. The van der Waals surface area contributed by atoms with E-state index >= 15 is 0 Å². The number of amides is 1. The Morgan fingerprint density at radius 3 is 3.00 bits per heavy atom. The van der Waals surface area contributed by atoms with Crippen molar-refractivity contribution in [2.45, 2.75) is 25.4 Å². The Morgan fingerprint density at radius 1 is 1.47 bits per heavy atom. The minimum Gasteiger partial charge on any atom is -0.393 e. The van der Waals surface area contributed by atoms with Crippen LogP contribution >= 0.6 is 15.9 Å². The Bertz CT molecular complexity index is 473. The predicted molar refractivity (Wildman–Crippen MR) is 79.5 cm³/mol. The van der Waals surface area contributed by atoms with Crippen molar-refractivity contribution in [3.05, 3.63) is 40.4 Å². The first-order valence-electron chi connectivity index (χ1n) is 6.53. The highest BCUT2D eigenvalue weighted by Crippen LogP contribution is 2.24. The number of aliphatic hydroxyl groups excluding tert-OH is 1. The van der Waals surface area contributed by atoms with Crippen LogP contribution in [-0.4, -0.2) is 23.7 Å². The van der Waals surface area contributed by atoms with E-state index in [2.05, 4.69) is 21.2 Å². The molecule has 0 saturated heterocycles. The molecule has 0 aromatic heterocycles. The molecular weight excluding hydrogens is 306 g/mol. The van der Waals surface area contributed by atoms with Crippen molar-refractivity contribution in [1.82, 2.24) is 5.32 Å². The number of rotatable bonds is 4. The van der Waals surface area contributed by atoms with Gasteiger partial charge in [0.2, 0.25) is 5.91 Å². The molecule has 0 radical (unpaired) electrons. The van der Waals surface area contributed by atoms with Gasteiger partial charge in [-0.3, -0.25) is 4.79 Å². The van der Waals surface area contributed by atoms with Gasteiger partial charge in [0, 0.05) is 17.1 Å². The molecular formula is C15H18BrNO2. The summed E-state index contributed by atoms with van der Waals surface area (Å²) >= 11 is 3.39. The number of benzene rings is 1. The van der Waals surface area contributed by atoms with Crippen LogP contribution < -0.4 is 5.32 Å². The summed E-state index contributed by atoms with van der Waals surface area (Å²) in [6.45, 7) is 0.652. The van der Waals surface area contributed by atoms with Crippen molar-refractivity contribution < 1.29 is 9.90 Å². The van der Waals surface area contributed by atoms with Crippen LogP contribution in [0.25, 0.3) is 6.08 Å². The third kappa shape index (κ3) is 4.80. The second kappa shape index (κ2) is 6.87. The molecule has 1 aromatic carbocycles. The fraction of sp³-hybridized carbons (Fsp3) is 0.400. The normalized spacial score (nSPS) is 22.8. The minimum atomic E-state index is -0.181. The molecule has 19 heavy (non-hydrogen) atoms. The molecule has 2 atom stereocenters. The van der Waals surface area contributed by atoms with Crippen molar-refractivity contribution in [3.63, 3.8) is 0 Å². The Morgan fingerprint density at radius 2 is 2.32 bits per heavy atom. The number of hydrogen-bond acceptors (Lipinski definition) is 2. The van der Waals surface area contributed by atoms with Crippen LogP contribution in [0.4, 0.5) is 0 Å². The van der Waals surface area contributed by atoms with E-state index in [1.807, 2.05) is 24.3 Å². The van der Waals surface area contributed by atoms with Gasteiger partial charge in [-0.1, -0.05) is 28.1 Å². The molecule has 102 valence electrons. The van der Waals surface area contributed by atoms with Gasteiger partial charge < -0.3 is 10.4 Å². The average molecular weight is 324 g/mol. The highest BCUT2D eigenvalue weighted by atomic mass is 79.9. The van der Waals surface area contributed by atoms with Crippen molar-refractivity contribution in [1.29, 1.82) is 0 Å². The van der Waals surface area contributed by atoms with Crippen LogP contribution in [0.2, 0.25) is 0 Å². The van der Waals surface area contributed by atoms with Crippen LogP contribution in [0.1, 0.15) is 24.8 Å². The van der Waals surface area contributed by atoms with Gasteiger partial charge in [-0.2, -0.15) is 0 Å². The van der Waals surface area contributed by atoms with Crippen molar-refractivity contribution in [3.8, 4) is 0 Å². The molecule has 2 rings (SSSR count). The summed E-state index contributed by atoms with van der Waals surface area (Å²) in [5, 5.41) is 12.3. The smallest absolute Gasteiger partial charge is 0.244 e. The van der Waals surface area contributed by atoms with Gasteiger partial charge in [0.25, 0.3) is 0 Å². The Balaban J connectivity index is 1.78. The molecule has 1 aliphatic carbocycles. The Kier molecular flexibility index (Phi) is 5.16. The zero-order chi connectivity index (χ0) is 13.7. The lowest BCUT2D eigenvalue weighted by Crippen LogP contribution is -2.26. The van der Waals surface area contributed by atoms with Crippen LogP contribution in [-0.2, 0) is 4.79 Å². The summed E-state index contributed by atoms with van der Waals surface area (Å²) in [6, 6.07) is 7.78. The first-order chi connectivity index (χ1) is 9.13. The summed E-state index contributed by atoms with van der Waals surface area (Å²) in [5.74, 6) is 0.333. The molecule has 1 amide bonds. The second-order valence-corrected chi connectivity index (χ2v) is 5.88. The van der Waals surface area contributed by atoms with Gasteiger partial charge in [-0.15, -0.1) is 0 Å². The molecule has 1 aliphatic rings. The van der Waals surface area contributed by atoms with Gasteiger partial charge in [0.15, 0.2) is 0 Å². The topological polar surface area (TPSA) is 49.3 Å². The van der Waals surface area contributed by atoms with E-state index in [0.29, 0.717) is 12.5 Å². The fourth-order valence-corrected chi connectivity index (χ4v) is 2.74. The third-order valence-electron chi connectivity index (χ3n) is 3.35. The standard InChI is InChI=1S/C15H18BrNO2/c16-13-3-1-2-11(8-13)5-7-15(19)17-10-12-4-6-14(18)9-12/h1-3,5,7-8,12,14,18H,4,6,9-10H2,(H,17,19)/b7-5+. The van der Waals surface area contributed by atoms with E-state index in [-0.39, 0.29) is 12.0 Å². The zero-order valence-electron chi connectivity index (χ0n) is 10.7. The highest BCUT2D eigenvalue weighted by molar-refractivity contribution is 9.10. The van der Waals surface area contributed by atoms with Crippen molar-refractivity contribution >= 4 is 27.9 Å². The molecule has 2 unspecified atom stereocenters. The van der Waals surface area contributed by atoms with Gasteiger partial charge >= 0.3 is 0 Å². The number of carbonyl (C=O) groups excluding carboxylic acids is 1. The average Bonchev–Trinajstić information content (AvgIpc) is 2.80. The first kappa shape index (κ1) is 14.3. The van der Waals surface area contributed by atoms with Gasteiger partial charge in [0.05, 0.1) is 6.10 Å².